The fourth-order valence-corrected chi connectivity index (χ4v) is 2.66. The number of ether oxygens (including phenoxy) is 2. The molecule has 2 aromatic carbocycles. The zero-order chi connectivity index (χ0) is 18.4. The van der Waals surface area contributed by atoms with Gasteiger partial charge in [-0.3, -0.25) is 4.79 Å². The van der Waals surface area contributed by atoms with E-state index in [1.165, 1.54) is 0 Å². The number of carbonyl (C=O) groups excluding carboxylic acids is 1. The normalized spacial score (nSPS) is 10.0. The van der Waals surface area contributed by atoms with Crippen LogP contribution in [0.25, 0.3) is 0 Å². The van der Waals surface area contributed by atoms with Gasteiger partial charge >= 0.3 is 0 Å². The van der Waals surface area contributed by atoms with Gasteiger partial charge in [-0.1, -0.05) is 17.7 Å². The third-order valence-corrected chi connectivity index (χ3v) is 3.67. The Kier molecular flexibility index (Phi) is 6.02. The van der Waals surface area contributed by atoms with Crippen molar-refractivity contribution in [3.05, 3.63) is 52.6 Å². The average molecular weight is 338 g/mol. The quantitative estimate of drug-likeness (QED) is 0.867. The minimum Gasteiger partial charge on any atom is -0.490 e. The number of carbonyl (C=O) groups is 1. The second-order valence-electron chi connectivity index (χ2n) is 5.82. The molecule has 130 valence electrons. The molecule has 0 aromatic heterocycles. The summed E-state index contributed by atoms with van der Waals surface area (Å²) in [5.74, 6) is 0.646. The summed E-state index contributed by atoms with van der Waals surface area (Å²) in [6.45, 7) is 8.10. The maximum absolute atomic E-state index is 12.2. The number of nitrogens with zero attached hydrogens (tertiary/aromatic N) is 1. The number of amides is 1. The maximum atomic E-state index is 12.2. The zero-order valence-electron chi connectivity index (χ0n) is 15.0. The van der Waals surface area contributed by atoms with Crippen LogP contribution in [-0.2, 0) is 4.79 Å². The van der Waals surface area contributed by atoms with Gasteiger partial charge in [0.1, 0.15) is 0 Å². The molecule has 0 aliphatic heterocycles. The Bertz CT molecular complexity index is 799. The Morgan fingerprint density at radius 2 is 1.76 bits per heavy atom. The van der Waals surface area contributed by atoms with Crippen LogP contribution in [0.2, 0.25) is 0 Å². The van der Waals surface area contributed by atoms with Crippen molar-refractivity contribution in [2.24, 2.45) is 0 Å². The molecule has 2 rings (SSSR count). The topological polar surface area (TPSA) is 71.3 Å². The van der Waals surface area contributed by atoms with E-state index in [9.17, 15) is 4.79 Å². The van der Waals surface area contributed by atoms with Gasteiger partial charge in [-0.15, -0.1) is 0 Å². The molecule has 25 heavy (non-hydrogen) atoms. The number of aryl methyl sites for hydroxylation is 3. The van der Waals surface area contributed by atoms with Crippen molar-refractivity contribution in [2.45, 2.75) is 27.7 Å². The van der Waals surface area contributed by atoms with Crippen molar-refractivity contribution < 1.29 is 14.3 Å². The van der Waals surface area contributed by atoms with Crippen LogP contribution in [0, 0.1) is 32.1 Å². The van der Waals surface area contributed by atoms with E-state index < -0.39 is 0 Å². The molecule has 5 nitrogen and oxygen atoms in total. The molecule has 0 bridgehead atoms. The molecule has 1 N–H and O–H groups in total. The van der Waals surface area contributed by atoms with E-state index in [2.05, 4.69) is 11.4 Å². The lowest BCUT2D eigenvalue weighted by molar-refractivity contribution is -0.118. The molecule has 0 saturated carbocycles. The molecule has 5 heteroatoms. The van der Waals surface area contributed by atoms with Gasteiger partial charge in [0.15, 0.2) is 18.1 Å². The van der Waals surface area contributed by atoms with Gasteiger partial charge in [0.05, 0.1) is 18.2 Å². The van der Waals surface area contributed by atoms with Crippen LogP contribution in [-0.4, -0.2) is 19.1 Å². The summed E-state index contributed by atoms with van der Waals surface area (Å²) in [5.41, 5.74) is 4.47. The van der Waals surface area contributed by atoms with E-state index >= 15 is 0 Å². The molecule has 0 aliphatic rings. The van der Waals surface area contributed by atoms with Gasteiger partial charge in [0.2, 0.25) is 0 Å². The summed E-state index contributed by atoms with van der Waals surface area (Å²) in [6.07, 6.45) is 0. The van der Waals surface area contributed by atoms with Gasteiger partial charge in [0.25, 0.3) is 5.91 Å². The fourth-order valence-electron chi connectivity index (χ4n) is 2.66. The van der Waals surface area contributed by atoms with E-state index in [1.807, 2.05) is 39.8 Å². The number of anilines is 1. The second-order valence-corrected chi connectivity index (χ2v) is 5.82. The molecule has 2 aromatic rings. The predicted molar refractivity (Wildman–Crippen MR) is 97.1 cm³/mol. The smallest absolute Gasteiger partial charge is 0.262 e. The molecule has 0 fully saturated rings. The van der Waals surface area contributed by atoms with Crippen molar-refractivity contribution >= 4 is 11.6 Å². The highest BCUT2D eigenvalue weighted by atomic mass is 16.5. The van der Waals surface area contributed by atoms with Crippen molar-refractivity contribution in [1.82, 2.24) is 0 Å². The maximum Gasteiger partial charge on any atom is 0.262 e. The first-order valence-electron chi connectivity index (χ1n) is 8.12. The summed E-state index contributed by atoms with van der Waals surface area (Å²) >= 11 is 0. The summed E-state index contributed by atoms with van der Waals surface area (Å²) in [4.78, 5) is 12.2. The predicted octanol–water partition coefficient (Wildman–Crippen LogP) is 3.90. The third kappa shape index (κ3) is 4.74. The monoisotopic (exact) mass is 338 g/mol. The minimum absolute atomic E-state index is 0.140. The van der Waals surface area contributed by atoms with E-state index in [4.69, 9.17) is 14.7 Å². The highest BCUT2D eigenvalue weighted by molar-refractivity contribution is 5.93. The standard InChI is InChI=1S/C20H22N2O3/c1-5-24-18-10-16(11-21)6-7-17(18)25-12-19(23)22-20-14(3)8-13(2)9-15(20)4/h6-10H,5,12H2,1-4H3,(H,22,23). The molecule has 0 atom stereocenters. The number of benzene rings is 2. The van der Waals surface area contributed by atoms with Crippen LogP contribution in [0.15, 0.2) is 30.3 Å². The SMILES string of the molecule is CCOc1cc(C#N)ccc1OCC(=O)Nc1c(C)cc(C)cc1C. The van der Waals surface area contributed by atoms with Crippen LogP contribution in [0.5, 0.6) is 11.5 Å². The molecule has 0 radical (unpaired) electrons. The molecular weight excluding hydrogens is 316 g/mol. The van der Waals surface area contributed by atoms with E-state index in [-0.39, 0.29) is 12.5 Å². The second kappa shape index (κ2) is 8.20. The summed E-state index contributed by atoms with van der Waals surface area (Å²) < 4.78 is 11.1. The number of nitrogens with one attached hydrogen (secondary N) is 1. The Balaban J connectivity index is 2.07. The molecule has 0 aliphatic carbocycles. The first kappa shape index (κ1) is 18.3. The van der Waals surface area contributed by atoms with Crippen LogP contribution in [0.1, 0.15) is 29.2 Å². The molecule has 0 unspecified atom stereocenters. The Morgan fingerprint density at radius 1 is 1.08 bits per heavy atom. The number of rotatable bonds is 6. The first-order valence-corrected chi connectivity index (χ1v) is 8.12. The lowest BCUT2D eigenvalue weighted by atomic mass is 10.1. The molecule has 1 amide bonds. The van der Waals surface area contributed by atoms with Gasteiger partial charge < -0.3 is 14.8 Å². The van der Waals surface area contributed by atoms with Crippen molar-refractivity contribution in [1.29, 1.82) is 5.26 Å². The Hall–Kier alpha value is -3.00. The van der Waals surface area contributed by atoms with Crippen molar-refractivity contribution in [3.63, 3.8) is 0 Å². The van der Waals surface area contributed by atoms with Gasteiger partial charge in [-0.2, -0.15) is 5.26 Å². The van der Waals surface area contributed by atoms with Crippen molar-refractivity contribution in [2.75, 3.05) is 18.5 Å². The lowest BCUT2D eigenvalue weighted by Crippen LogP contribution is -2.21. The first-order chi connectivity index (χ1) is 11.9. The molecule has 0 heterocycles. The van der Waals surface area contributed by atoms with Gasteiger partial charge in [-0.25, -0.2) is 0 Å². The summed E-state index contributed by atoms with van der Waals surface area (Å²) in [7, 11) is 0. The van der Waals surface area contributed by atoms with E-state index in [1.54, 1.807) is 18.2 Å². The third-order valence-electron chi connectivity index (χ3n) is 3.67. The summed E-state index contributed by atoms with van der Waals surface area (Å²) in [5, 5.41) is 11.9. The summed E-state index contributed by atoms with van der Waals surface area (Å²) in [6, 6.07) is 11.0. The largest absolute Gasteiger partial charge is 0.490 e. The Labute approximate surface area is 148 Å². The van der Waals surface area contributed by atoms with Gasteiger partial charge in [-0.05, 0) is 51.0 Å². The number of hydrogen-bond acceptors (Lipinski definition) is 4. The van der Waals surface area contributed by atoms with Crippen molar-refractivity contribution in [3.8, 4) is 17.6 Å². The lowest BCUT2D eigenvalue weighted by Gasteiger charge is -2.14. The Morgan fingerprint density at radius 3 is 2.36 bits per heavy atom. The van der Waals surface area contributed by atoms with E-state index in [0.717, 1.165) is 22.4 Å². The van der Waals surface area contributed by atoms with Crippen LogP contribution < -0.4 is 14.8 Å². The number of hydrogen-bond donors (Lipinski definition) is 1. The molecule has 0 saturated heterocycles. The van der Waals surface area contributed by atoms with Crippen LogP contribution in [0.3, 0.4) is 0 Å². The van der Waals surface area contributed by atoms with Gasteiger partial charge in [0, 0.05) is 11.8 Å². The highest BCUT2D eigenvalue weighted by Crippen LogP contribution is 2.28. The fraction of sp³-hybridized carbons (Fsp3) is 0.300. The van der Waals surface area contributed by atoms with Crippen LogP contribution in [0.4, 0.5) is 5.69 Å². The highest BCUT2D eigenvalue weighted by Gasteiger charge is 2.12. The van der Waals surface area contributed by atoms with E-state index in [0.29, 0.717) is 23.7 Å². The molecule has 0 spiro atoms. The minimum atomic E-state index is -0.248. The number of nitriles is 1. The average Bonchev–Trinajstić information content (AvgIpc) is 2.57. The zero-order valence-corrected chi connectivity index (χ0v) is 15.0. The molecular formula is C20H22N2O3. The van der Waals surface area contributed by atoms with Crippen LogP contribution >= 0.6 is 0 Å².